The zero-order valence-electron chi connectivity index (χ0n) is 14.3. The molecule has 0 aliphatic heterocycles. The molecule has 0 fully saturated rings. The van der Waals surface area contributed by atoms with Crippen molar-refractivity contribution in [3.05, 3.63) is 59.4 Å². The Hall–Kier alpha value is -2.46. The van der Waals surface area contributed by atoms with Gasteiger partial charge in [-0.05, 0) is 55.8 Å². The highest BCUT2D eigenvalue weighted by Crippen LogP contribution is 2.22. The minimum atomic E-state index is -4.75. The molecule has 0 saturated heterocycles. The van der Waals surface area contributed by atoms with Crippen molar-refractivity contribution in [2.75, 3.05) is 5.32 Å². The molecule has 10 heteroatoms. The SMILES string of the molecule is Cc1cc(NC(=O)c2cccc(S(=O)(=O)N[C@@H](C)C(F)(F)F)c2)ccc1F. The maximum atomic E-state index is 13.3. The molecule has 1 atom stereocenters. The first-order chi connectivity index (χ1) is 12.4. The average Bonchev–Trinajstić information content (AvgIpc) is 2.57. The van der Waals surface area contributed by atoms with Gasteiger partial charge in [-0.2, -0.15) is 17.9 Å². The highest BCUT2D eigenvalue weighted by molar-refractivity contribution is 7.89. The Balaban J connectivity index is 2.23. The van der Waals surface area contributed by atoms with Gasteiger partial charge in [0.2, 0.25) is 10.0 Å². The molecule has 0 aromatic heterocycles. The van der Waals surface area contributed by atoms with Crippen LogP contribution in [0.4, 0.5) is 23.2 Å². The molecule has 5 nitrogen and oxygen atoms in total. The van der Waals surface area contributed by atoms with E-state index in [2.05, 4.69) is 5.32 Å². The highest BCUT2D eigenvalue weighted by atomic mass is 32.2. The summed E-state index contributed by atoms with van der Waals surface area (Å²) in [5.74, 6) is -1.15. The number of halogens is 4. The molecule has 2 aromatic carbocycles. The topological polar surface area (TPSA) is 75.3 Å². The fraction of sp³-hybridized carbons (Fsp3) is 0.235. The number of aryl methyl sites for hydroxylation is 1. The van der Waals surface area contributed by atoms with Gasteiger partial charge >= 0.3 is 6.18 Å². The van der Waals surface area contributed by atoms with E-state index in [1.54, 1.807) is 0 Å². The third-order valence-corrected chi connectivity index (χ3v) is 5.18. The van der Waals surface area contributed by atoms with Gasteiger partial charge in [0.1, 0.15) is 11.9 Å². The van der Waals surface area contributed by atoms with E-state index in [0.717, 1.165) is 18.2 Å². The maximum absolute atomic E-state index is 13.3. The molecule has 2 rings (SSSR count). The minimum Gasteiger partial charge on any atom is -0.322 e. The summed E-state index contributed by atoms with van der Waals surface area (Å²) < 4.78 is 76.8. The molecule has 27 heavy (non-hydrogen) atoms. The van der Waals surface area contributed by atoms with Crippen LogP contribution in [0.5, 0.6) is 0 Å². The highest BCUT2D eigenvalue weighted by Gasteiger charge is 2.38. The second-order valence-electron chi connectivity index (χ2n) is 5.83. The summed E-state index contributed by atoms with van der Waals surface area (Å²) >= 11 is 0. The summed E-state index contributed by atoms with van der Waals surface area (Å²) in [5.41, 5.74) is 0.505. The van der Waals surface area contributed by atoms with Gasteiger partial charge < -0.3 is 5.32 Å². The number of carbonyl (C=O) groups excluding carboxylic acids is 1. The predicted octanol–water partition coefficient (Wildman–Crippen LogP) is 3.62. The molecular weight excluding hydrogens is 388 g/mol. The van der Waals surface area contributed by atoms with Crippen molar-refractivity contribution < 1.29 is 30.8 Å². The van der Waals surface area contributed by atoms with Gasteiger partial charge in [0.25, 0.3) is 5.91 Å². The van der Waals surface area contributed by atoms with Crippen molar-refractivity contribution in [2.45, 2.75) is 31.0 Å². The van der Waals surface area contributed by atoms with Gasteiger partial charge in [-0.25, -0.2) is 12.8 Å². The lowest BCUT2D eigenvalue weighted by atomic mass is 10.2. The van der Waals surface area contributed by atoms with Crippen LogP contribution in [-0.4, -0.2) is 26.5 Å². The lowest BCUT2D eigenvalue weighted by Crippen LogP contribution is -2.43. The number of nitrogens with one attached hydrogen (secondary N) is 2. The van der Waals surface area contributed by atoms with E-state index < -0.39 is 38.9 Å². The molecular formula is C17H16F4N2O3S. The smallest absolute Gasteiger partial charge is 0.322 e. The fourth-order valence-electron chi connectivity index (χ4n) is 2.10. The second kappa shape index (κ2) is 7.65. The number of alkyl halides is 3. The first-order valence-electron chi connectivity index (χ1n) is 7.67. The number of benzene rings is 2. The van der Waals surface area contributed by atoms with Gasteiger partial charge in [0, 0.05) is 11.3 Å². The average molecular weight is 404 g/mol. The second-order valence-corrected chi connectivity index (χ2v) is 7.54. The third kappa shape index (κ3) is 5.27. The number of anilines is 1. The summed E-state index contributed by atoms with van der Waals surface area (Å²) in [4.78, 5) is 11.8. The molecule has 0 heterocycles. The third-order valence-electron chi connectivity index (χ3n) is 3.65. The predicted molar refractivity (Wildman–Crippen MR) is 91.4 cm³/mol. The number of sulfonamides is 1. The first kappa shape index (κ1) is 20.8. The summed E-state index contributed by atoms with van der Waals surface area (Å²) in [7, 11) is -4.48. The zero-order chi connectivity index (χ0) is 20.4. The summed E-state index contributed by atoms with van der Waals surface area (Å²) in [6.07, 6.45) is -4.75. The van der Waals surface area contributed by atoms with E-state index in [-0.39, 0.29) is 11.3 Å². The van der Waals surface area contributed by atoms with E-state index in [1.165, 1.54) is 35.9 Å². The van der Waals surface area contributed by atoms with Crippen molar-refractivity contribution in [2.24, 2.45) is 0 Å². The van der Waals surface area contributed by atoms with E-state index in [1.807, 2.05) is 0 Å². The van der Waals surface area contributed by atoms with E-state index in [4.69, 9.17) is 0 Å². The summed E-state index contributed by atoms with van der Waals surface area (Å²) in [6, 6.07) is 6.15. The monoisotopic (exact) mass is 404 g/mol. The number of hydrogen-bond donors (Lipinski definition) is 2. The molecule has 0 saturated carbocycles. The molecule has 146 valence electrons. The van der Waals surface area contributed by atoms with Crippen LogP contribution in [-0.2, 0) is 10.0 Å². The van der Waals surface area contributed by atoms with Crippen LogP contribution in [0, 0.1) is 12.7 Å². The van der Waals surface area contributed by atoms with Gasteiger partial charge in [-0.15, -0.1) is 0 Å². The fourth-order valence-corrected chi connectivity index (χ4v) is 3.37. The quantitative estimate of drug-likeness (QED) is 0.748. The Morgan fingerprint density at radius 2 is 1.78 bits per heavy atom. The molecule has 2 N–H and O–H groups in total. The summed E-state index contributed by atoms with van der Waals surface area (Å²) in [6.45, 7) is 2.18. The molecule has 0 spiro atoms. The maximum Gasteiger partial charge on any atom is 0.404 e. The van der Waals surface area contributed by atoms with Crippen LogP contribution < -0.4 is 10.0 Å². The Bertz CT molecular complexity index is 959. The molecule has 0 unspecified atom stereocenters. The van der Waals surface area contributed by atoms with Gasteiger partial charge in [0.05, 0.1) is 4.90 Å². The molecule has 0 bridgehead atoms. The lowest BCUT2D eigenvalue weighted by Gasteiger charge is -2.17. The molecule has 0 aliphatic carbocycles. The van der Waals surface area contributed by atoms with Crippen LogP contribution in [0.25, 0.3) is 0 Å². The van der Waals surface area contributed by atoms with Crippen LogP contribution in [0.2, 0.25) is 0 Å². The molecule has 0 aliphatic rings. The number of carbonyl (C=O) groups is 1. The van der Waals surface area contributed by atoms with Crippen LogP contribution >= 0.6 is 0 Å². The van der Waals surface area contributed by atoms with Crippen molar-refractivity contribution in [3.8, 4) is 0 Å². The van der Waals surface area contributed by atoms with E-state index >= 15 is 0 Å². The Kier molecular flexibility index (Phi) is 5.91. The number of rotatable bonds is 5. The van der Waals surface area contributed by atoms with Gasteiger partial charge in [0.15, 0.2) is 0 Å². The van der Waals surface area contributed by atoms with Crippen molar-refractivity contribution in [3.63, 3.8) is 0 Å². The normalized spacial score (nSPS) is 13.3. The van der Waals surface area contributed by atoms with Crippen LogP contribution in [0.1, 0.15) is 22.8 Å². The Labute approximate surface area is 153 Å². The first-order valence-corrected chi connectivity index (χ1v) is 9.15. The van der Waals surface area contributed by atoms with Crippen molar-refractivity contribution in [1.29, 1.82) is 0 Å². The van der Waals surface area contributed by atoms with Crippen LogP contribution in [0.3, 0.4) is 0 Å². The zero-order valence-corrected chi connectivity index (χ0v) is 15.1. The summed E-state index contributed by atoms with van der Waals surface area (Å²) in [5, 5.41) is 2.47. The van der Waals surface area contributed by atoms with E-state index in [0.29, 0.717) is 12.5 Å². The molecule has 0 radical (unpaired) electrons. The van der Waals surface area contributed by atoms with Gasteiger partial charge in [-0.3, -0.25) is 4.79 Å². The lowest BCUT2D eigenvalue weighted by molar-refractivity contribution is -0.147. The molecule has 1 amide bonds. The Morgan fingerprint density at radius 3 is 2.37 bits per heavy atom. The Morgan fingerprint density at radius 1 is 1.11 bits per heavy atom. The van der Waals surface area contributed by atoms with Crippen molar-refractivity contribution >= 4 is 21.6 Å². The standard InChI is InChI=1S/C17H16F4N2O3S/c1-10-8-13(6-7-15(10)18)22-16(24)12-4-3-5-14(9-12)27(25,26)23-11(2)17(19,20)21/h3-9,11,23H,1-2H3,(H,22,24)/t11-/m0/s1. The number of hydrogen-bond acceptors (Lipinski definition) is 3. The van der Waals surface area contributed by atoms with Crippen molar-refractivity contribution in [1.82, 2.24) is 4.72 Å². The van der Waals surface area contributed by atoms with E-state index in [9.17, 15) is 30.8 Å². The van der Waals surface area contributed by atoms with Crippen LogP contribution in [0.15, 0.2) is 47.4 Å². The minimum absolute atomic E-state index is 0.0838. The largest absolute Gasteiger partial charge is 0.404 e. The molecule has 2 aromatic rings. The van der Waals surface area contributed by atoms with Gasteiger partial charge in [-0.1, -0.05) is 6.07 Å². The number of amides is 1.